The Hall–Kier alpha value is -1.84. The number of hydrogen-bond donors (Lipinski definition) is 0. The quantitative estimate of drug-likeness (QED) is 0.737. The van der Waals surface area contributed by atoms with E-state index < -0.39 is 0 Å². The highest BCUT2D eigenvalue weighted by Gasteiger charge is 2.36. The van der Waals surface area contributed by atoms with E-state index in [0.29, 0.717) is 13.0 Å². The van der Waals surface area contributed by atoms with E-state index in [0.717, 1.165) is 44.5 Å². The van der Waals surface area contributed by atoms with E-state index in [1.807, 2.05) is 40.1 Å². The van der Waals surface area contributed by atoms with E-state index in [1.54, 1.807) is 0 Å². The summed E-state index contributed by atoms with van der Waals surface area (Å²) in [5.74, 6) is 0.0220. The number of rotatable bonds is 8. The van der Waals surface area contributed by atoms with Crippen molar-refractivity contribution in [1.29, 1.82) is 0 Å². The van der Waals surface area contributed by atoms with Gasteiger partial charge in [0, 0.05) is 31.7 Å². The molecule has 4 nitrogen and oxygen atoms in total. The molecule has 0 spiro atoms. The van der Waals surface area contributed by atoms with Gasteiger partial charge < -0.3 is 9.80 Å². The zero-order valence-corrected chi connectivity index (χ0v) is 14.3. The van der Waals surface area contributed by atoms with Gasteiger partial charge in [0.05, 0.1) is 5.92 Å². The molecule has 0 N–H and O–H groups in total. The number of carbonyl (C=O) groups excluding carboxylic acids is 2. The smallest absolute Gasteiger partial charge is 0.232 e. The first-order chi connectivity index (χ1) is 11.2. The van der Waals surface area contributed by atoms with E-state index in [-0.39, 0.29) is 17.7 Å². The topological polar surface area (TPSA) is 40.6 Å². The summed E-state index contributed by atoms with van der Waals surface area (Å²) in [6.45, 7) is 6.32. The summed E-state index contributed by atoms with van der Waals surface area (Å²) < 4.78 is 0. The van der Waals surface area contributed by atoms with Crippen LogP contribution in [0.5, 0.6) is 0 Å². The molecule has 2 amide bonds. The third kappa shape index (κ3) is 4.57. The molecule has 0 radical (unpaired) electrons. The summed E-state index contributed by atoms with van der Waals surface area (Å²) >= 11 is 0. The van der Waals surface area contributed by atoms with Crippen molar-refractivity contribution in [3.05, 3.63) is 30.3 Å². The van der Waals surface area contributed by atoms with Crippen LogP contribution in [0.4, 0.5) is 5.69 Å². The van der Waals surface area contributed by atoms with Gasteiger partial charge in [0.1, 0.15) is 0 Å². The maximum atomic E-state index is 13.0. The summed E-state index contributed by atoms with van der Waals surface area (Å²) in [5.41, 5.74) is 0.936. The number of carbonyl (C=O) groups is 2. The van der Waals surface area contributed by atoms with Crippen LogP contribution in [0.1, 0.15) is 46.0 Å². The number of likely N-dealkylation sites (tertiary alicyclic amines) is 1. The number of anilines is 1. The van der Waals surface area contributed by atoms with Gasteiger partial charge in [0.2, 0.25) is 11.8 Å². The Bertz CT molecular complexity index is 515. The van der Waals surface area contributed by atoms with Crippen molar-refractivity contribution in [3.63, 3.8) is 0 Å². The molecule has 1 heterocycles. The van der Waals surface area contributed by atoms with Gasteiger partial charge in [-0.25, -0.2) is 0 Å². The minimum absolute atomic E-state index is 0.0944. The average molecular weight is 316 g/mol. The molecule has 0 saturated carbocycles. The average Bonchev–Trinajstić information content (AvgIpc) is 2.95. The Morgan fingerprint density at radius 2 is 1.87 bits per heavy atom. The maximum Gasteiger partial charge on any atom is 0.232 e. The molecule has 0 bridgehead atoms. The largest absolute Gasteiger partial charge is 0.342 e. The lowest BCUT2D eigenvalue weighted by Crippen LogP contribution is -2.38. The van der Waals surface area contributed by atoms with Gasteiger partial charge in [-0.15, -0.1) is 0 Å². The predicted molar refractivity (Wildman–Crippen MR) is 93.3 cm³/mol. The third-order valence-electron chi connectivity index (χ3n) is 4.41. The number of benzene rings is 1. The minimum Gasteiger partial charge on any atom is -0.342 e. The molecule has 0 aliphatic carbocycles. The van der Waals surface area contributed by atoms with E-state index in [1.165, 1.54) is 0 Å². The van der Waals surface area contributed by atoms with Crippen molar-refractivity contribution < 1.29 is 9.59 Å². The summed E-state index contributed by atoms with van der Waals surface area (Å²) in [6, 6.07) is 9.81. The monoisotopic (exact) mass is 316 g/mol. The molecule has 1 fully saturated rings. The van der Waals surface area contributed by atoms with Gasteiger partial charge in [-0.2, -0.15) is 0 Å². The molecule has 0 aromatic heterocycles. The summed E-state index contributed by atoms with van der Waals surface area (Å²) in [6.07, 6.45) is 4.45. The first-order valence-electron chi connectivity index (χ1n) is 8.81. The molecular weight excluding hydrogens is 288 g/mol. The van der Waals surface area contributed by atoms with E-state index in [2.05, 4.69) is 13.8 Å². The van der Waals surface area contributed by atoms with Crippen LogP contribution in [0.2, 0.25) is 0 Å². The van der Waals surface area contributed by atoms with E-state index in [4.69, 9.17) is 0 Å². The first kappa shape index (κ1) is 17.5. The third-order valence-corrected chi connectivity index (χ3v) is 4.41. The van der Waals surface area contributed by atoms with Crippen LogP contribution in [0.3, 0.4) is 0 Å². The van der Waals surface area contributed by atoms with E-state index >= 15 is 0 Å². The molecule has 1 atom stereocenters. The van der Waals surface area contributed by atoms with Crippen molar-refractivity contribution in [2.75, 3.05) is 24.5 Å². The van der Waals surface area contributed by atoms with Crippen molar-refractivity contribution in [1.82, 2.24) is 4.90 Å². The normalized spacial score (nSPS) is 17.6. The Kier molecular flexibility index (Phi) is 6.63. The summed E-state index contributed by atoms with van der Waals surface area (Å²) in [5, 5.41) is 0. The minimum atomic E-state index is -0.198. The summed E-state index contributed by atoms with van der Waals surface area (Å²) in [7, 11) is 0. The Morgan fingerprint density at radius 1 is 1.17 bits per heavy atom. The van der Waals surface area contributed by atoms with Gasteiger partial charge in [-0.3, -0.25) is 9.59 Å². The molecule has 1 aliphatic rings. The second kappa shape index (κ2) is 8.70. The number of amides is 2. The van der Waals surface area contributed by atoms with Crippen LogP contribution in [-0.2, 0) is 9.59 Å². The SMILES string of the molecule is CCCCN1C[C@H](C(=O)N(CCCC)c2ccccc2)CC1=O. The lowest BCUT2D eigenvalue weighted by Gasteiger charge is -2.25. The fourth-order valence-corrected chi connectivity index (χ4v) is 3.01. The fourth-order valence-electron chi connectivity index (χ4n) is 3.01. The molecule has 126 valence electrons. The van der Waals surface area contributed by atoms with Gasteiger partial charge in [-0.05, 0) is 25.0 Å². The molecule has 23 heavy (non-hydrogen) atoms. The molecule has 1 aliphatic heterocycles. The van der Waals surface area contributed by atoms with Crippen molar-refractivity contribution in [2.24, 2.45) is 5.92 Å². The number of hydrogen-bond acceptors (Lipinski definition) is 2. The van der Waals surface area contributed by atoms with Gasteiger partial charge in [-0.1, -0.05) is 44.9 Å². The standard InChI is InChI=1S/C19H28N2O2/c1-3-5-12-20-15-16(14-18(20)22)19(23)21(13-6-4-2)17-10-8-7-9-11-17/h7-11,16H,3-6,12-15H2,1-2H3/t16-/m1/s1. The summed E-state index contributed by atoms with van der Waals surface area (Å²) in [4.78, 5) is 28.8. The van der Waals surface area contributed by atoms with Crippen molar-refractivity contribution in [2.45, 2.75) is 46.0 Å². The predicted octanol–water partition coefficient (Wildman–Crippen LogP) is 3.47. The van der Waals surface area contributed by atoms with Crippen LogP contribution in [-0.4, -0.2) is 36.3 Å². The molecular formula is C19H28N2O2. The molecule has 1 aromatic rings. The zero-order valence-electron chi connectivity index (χ0n) is 14.3. The molecule has 4 heteroatoms. The lowest BCUT2D eigenvalue weighted by molar-refractivity contribution is -0.128. The first-order valence-corrected chi connectivity index (χ1v) is 8.81. The van der Waals surface area contributed by atoms with Gasteiger partial charge in [0.25, 0.3) is 0 Å². The van der Waals surface area contributed by atoms with E-state index in [9.17, 15) is 9.59 Å². The van der Waals surface area contributed by atoms with Crippen LogP contribution in [0.15, 0.2) is 30.3 Å². The molecule has 1 aromatic carbocycles. The number of nitrogens with zero attached hydrogens (tertiary/aromatic N) is 2. The van der Waals surface area contributed by atoms with Crippen molar-refractivity contribution in [3.8, 4) is 0 Å². The van der Waals surface area contributed by atoms with Gasteiger partial charge in [0.15, 0.2) is 0 Å². The Morgan fingerprint density at radius 3 is 2.52 bits per heavy atom. The molecule has 2 rings (SSSR count). The number of para-hydroxylation sites is 1. The lowest BCUT2D eigenvalue weighted by atomic mass is 10.1. The number of unbranched alkanes of at least 4 members (excludes halogenated alkanes) is 2. The zero-order chi connectivity index (χ0) is 16.7. The van der Waals surface area contributed by atoms with Crippen LogP contribution < -0.4 is 4.90 Å². The highest BCUT2D eigenvalue weighted by Crippen LogP contribution is 2.24. The second-order valence-electron chi connectivity index (χ2n) is 6.27. The van der Waals surface area contributed by atoms with Crippen LogP contribution in [0.25, 0.3) is 0 Å². The molecule has 1 saturated heterocycles. The fraction of sp³-hybridized carbons (Fsp3) is 0.579. The van der Waals surface area contributed by atoms with Crippen LogP contribution >= 0.6 is 0 Å². The molecule has 0 unspecified atom stereocenters. The highest BCUT2D eigenvalue weighted by molar-refractivity contribution is 5.99. The second-order valence-corrected chi connectivity index (χ2v) is 6.27. The van der Waals surface area contributed by atoms with Gasteiger partial charge >= 0.3 is 0 Å². The van der Waals surface area contributed by atoms with Crippen LogP contribution in [0, 0.1) is 5.92 Å². The Balaban J connectivity index is 2.07. The highest BCUT2D eigenvalue weighted by atomic mass is 16.2. The van der Waals surface area contributed by atoms with Crippen molar-refractivity contribution >= 4 is 17.5 Å². The maximum absolute atomic E-state index is 13.0. The Labute approximate surface area is 139 Å².